The number of carbonyl (C=O) groups is 2. The molecule has 1 aliphatic carbocycles. The summed E-state index contributed by atoms with van der Waals surface area (Å²) in [4.78, 5) is 29.1. The zero-order chi connectivity index (χ0) is 18.7. The van der Waals surface area contributed by atoms with Gasteiger partial charge in [0.25, 0.3) is 5.92 Å². The van der Waals surface area contributed by atoms with E-state index in [0.29, 0.717) is 12.0 Å². The van der Waals surface area contributed by atoms with E-state index in [-0.39, 0.29) is 5.69 Å². The monoisotopic (exact) mass is 363 g/mol. The molecule has 2 amide bonds. The highest BCUT2D eigenvalue weighted by molar-refractivity contribution is 5.93. The highest BCUT2D eigenvalue weighted by Crippen LogP contribution is 2.38. The van der Waals surface area contributed by atoms with Crippen LogP contribution in [0.1, 0.15) is 24.4 Å². The van der Waals surface area contributed by atoms with E-state index in [1.807, 2.05) is 0 Å². The van der Waals surface area contributed by atoms with Crippen molar-refractivity contribution >= 4 is 18.0 Å². The van der Waals surface area contributed by atoms with Crippen LogP contribution in [0, 0.1) is 5.82 Å². The van der Waals surface area contributed by atoms with Gasteiger partial charge in [0.15, 0.2) is 0 Å². The lowest BCUT2D eigenvalue weighted by molar-refractivity contribution is -0.131. The number of nitrogens with one attached hydrogen (secondary N) is 1. The van der Waals surface area contributed by atoms with Crippen molar-refractivity contribution in [2.75, 3.05) is 4.90 Å². The van der Waals surface area contributed by atoms with Gasteiger partial charge in [-0.1, -0.05) is 30.3 Å². The molecule has 1 atom stereocenters. The highest BCUT2D eigenvalue weighted by atomic mass is 19.3. The first-order valence-corrected chi connectivity index (χ1v) is 7.97. The van der Waals surface area contributed by atoms with Crippen molar-refractivity contribution in [2.45, 2.75) is 30.8 Å². The van der Waals surface area contributed by atoms with Crippen LogP contribution >= 0.6 is 0 Å². The Morgan fingerprint density at radius 1 is 1.27 bits per heavy atom. The molecule has 1 saturated carbocycles. The van der Waals surface area contributed by atoms with Gasteiger partial charge in [-0.3, -0.25) is 19.5 Å². The van der Waals surface area contributed by atoms with Gasteiger partial charge in [-0.25, -0.2) is 13.2 Å². The van der Waals surface area contributed by atoms with E-state index >= 15 is 0 Å². The second-order valence-electron chi connectivity index (χ2n) is 6.16. The fourth-order valence-electron chi connectivity index (χ4n) is 2.93. The molecule has 2 aromatic rings. The van der Waals surface area contributed by atoms with Crippen LogP contribution in [-0.2, 0) is 9.59 Å². The maximum Gasteiger partial charge on any atom is 0.252 e. The Hall–Kier alpha value is -2.90. The Balaban J connectivity index is 1.90. The zero-order valence-electron chi connectivity index (χ0n) is 13.6. The summed E-state index contributed by atoms with van der Waals surface area (Å²) in [6, 6.07) is 7.63. The first-order chi connectivity index (χ1) is 12.4. The van der Waals surface area contributed by atoms with Crippen LogP contribution in [0.25, 0.3) is 0 Å². The van der Waals surface area contributed by atoms with Crippen LogP contribution in [0.4, 0.5) is 18.9 Å². The smallest absolute Gasteiger partial charge is 0.252 e. The van der Waals surface area contributed by atoms with Gasteiger partial charge in [0, 0.05) is 24.9 Å². The van der Waals surface area contributed by atoms with Gasteiger partial charge in [-0.2, -0.15) is 0 Å². The Labute approximate surface area is 147 Å². The second-order valence-corrected chi connectivity index (χ2v) is 6.16. The van der Waals surface area contributed by atoms with Gasteiger partial charge in [0.2, 0.25) is 12.3 Å². The number of halogens is 3. The summed E-state index contributed by atoms with van der Waals surface area (Å²) in [5.41, 5.74) is 0.551. The molecule has 5 nitrogen and oxygen atoms in total. The predicted molar refractivity (Wildman–Crippen MR) is 88.0 cm³/mol. The quantitative estimate of drug-likeness (QED) is 0.803. The number of pyridine rings is 1. The summed E-state index contributed by atoms with van der Waals surface area (Å²) in [6.45, 7) is 0. The third-order valence-electron chi connectivity index (χ3n) is 4.18. The fraction of sp³-hybridized carbons (Fsp3) is 0.278. The summed E-state index contributed by atoms with van der Waals surface area (Å²) in [7, 11) is 0. The summed E-state index contributed by atoms with van der Waals surface area (Å²) >= 11 is 0. The Bertz CT molecular complexity index is 793. The molecule has 1 aromatic heterocycles. The van der Waals surface area contributed by atoms with Gasteiger partial charge >= 0.3 is 0 Å². The molecular formula is C18H16F3N3O2. The van der Waals surface area contributed by atoms with Crippen LogP contribution < -0.4 is 10.2 Å². The van der Waals surface area contributed by atoms with Crippen molar-refractivity contribution < 1.29 is 22.8 Å². The minimum atomic E-state index is -2.78. The maximum atomic E-state index is 13.5. The van der Waals surface area contributed by atoms with Crippen molar-refractivity contribution in [1.29, 1.82) is 0 Å². The summed E-state index contributed by atoms with van der Waals surface area (Å²) in [5.74, 6) is -4.06. The van der Waals surface area contributed by atoms with Crippen molar-refractivity contribution in [3.05, 3.63) is 60.2 Å². The van der Waals surface area contributed by atoms with E-state index in [4.69, 9.17) is 0 Å². The average Bonchev–Trinajstić information content (AvgIpc) is 2.58. The Morgan fingerprint density at radius 3 is 2.54 bits per heavy atom. The molecule has 1 heterocycles. The molecule has 1 aliphatic rings. The first kappa shape index (κ1) is 17.9. The lowest BCUT2D eigenvalue weighted by Gasteiger charge is -2.37. The van der Waals surface area contributed by atoms with E-state index in [9.17, 15) is 22.8 Å². The van der Waals surface area contributed by atoms with E-state index in [1.54, 1.807) is 30.3 Å². The van der Waals surface area contributed by atoms with Crippen molar-refractivity contribution in [3.63, 3.8) is 0 Å². The maximum absolute atomic E-state index is 13.5. The van der Waals surface area contributed by atoms with Crippen LogP contribution in [0.3, 0.4) is 0 Å². The van der Waals surface area contributed by atoms with Gasteiger partial charge in [-0.05, 0) is 5.56 Å². The number of aromatic nitrogens is 1. The lowest BCUT2D eigenvalue weighted by atomic mass is 9.88. The van der Waals surface area contributed by atoms with Crippen molar-refractivity contribution in [1.82, 2.24) is 10.3 Å². The van der Waals surface area contributed by atoms with Crippen LogP contribution in [0.5, 0.6) is 0 Å². The summed E-state index contributed by atoms with van der Waals surface area (Å²) in [6.07, 6.45) is 1.73. The largest absolute Gasteiger partial charge is 0.351 e. The van der Waals surface area contributed by atoms with Gasteiger partial charge in [0.1, 0.15) is 11.9 Å². The number of amides is 2. The molecule has 8 heteroatoms. The van der Waals surface area contributed by atoms with Crippen molar-refractivity contribution in [2.24, 2.45) is 0 Å². The molecule has 0 bridgehead atoms. The minimum Gasteiger partial charge on any atom is -0.351 e. The molecule has 1 unspecified atom stereocenters. The van der Waals surface area contributed by atoms with Crippen LogP contribution in [-0.4, -0.2) is 29.3 Å². The van der Waals surface area contributed by atoms with E-state index in [2.05, 4.69) is 10.3 Å². The molecule has 3 rings (SSSR count). The zero-order valence-corrected chi connectivity index (χ0v) is 13.6. The standard InChI is InChI=1S/C18H16F3N3O2/c19-13-6-15(10-22-9-13)24(11-25)16(12-4-2-1-3-5-12)17(26)23-14-7-18(20,21)8-14/h1-6,9-11,14,16H,7-8H2,(H,23,26). The third-order valence-corrected chi connectivity index (χ3v) is 4.18. The Kier molecular flexibility index (Phi) is 4.92. The number of nitrogens with zero attached hydrogens (tertiary/aromatic N) is 2. The highest BCUT2D eigenvalue weighted by Gasteiger charge is 2.46. The Morgan fingerprint density at radius 2 is 1.96 bits per heavy atom. The lowest BCUT2D eigenvalue weighted by Crippen LogP contribution is -2.53. The minimum absolute atomic E-state index is 0.0861. The summed E-state index contributed by atoms with van der Waals surface area (Å²) in [5, 5.41) is 2.54. The number of alkyl halides is 2. The van der Waals surface area contributed by atoms with E-state index < -0.39 is 42.6 Å². The molecule has 1 aromatic carbocycles. The van der Waals surface area contributed by atoms with Crippen LogP contribution in [0.2, 0.25) is 0 Å². The molecular weight excluding hydrogens is 347 g/mol. The molecule has 0 spiro atoms. The number of rotatable bonds is 6. The van der Waals surface area contributed by atoms with Gasteiger partial charge < -0.3 is 5.32 Å². The molecule has 1 fully saturated rings. The number of anilines is 1. The number of benzene rings is 1. The van der Waals surface area contributed by atoms with Crippen LogP contribution in [0.15, 0.2) is 48.8 Å². The van der Waals surface area contributed by atoms with E-state index in [1.165, 1.54) is 6.20 Å². The molecule has 0 saturated heterocycles. The topological polar surface area (TPSA) is 62.3 Å². The normalized spacial score (nSPS) is 17.0. The SMILES string of the molecule is O=CN(c1cncc(F)c1)C(C(=O)NC1CC(F)(F)C1)c1ccccc1. The number of hydrogen-bond donors (Lipinski definition) is 1. The predicted octanol–water partition coefficient (Wildman–Crippen LogP) is 2.84. The van der Waals surface area contributed by atoms with Gasteiger partial charge in [-0.15, -0.1) is 0 Å². The first-order valence-electron chi connectivity index (χ1n) is 7.97. The molecule has 136 valence electrons. The van der Waals surface area contributed by atoms with Gasteiger partial charge in [0.05, 0.1) is 18.1 Å². The van der Waals surface area contributed by atoms with E-state index in [0.717, 1.165) is 17.2 Å². The van der Waals surface area contributed by atoms with Crippen molar-refractivity contribution in [3.8, 4) is 0 Å². The molecule has 1 N–H and O–H groups in total. The number of carbonyl (C=O) groups excluding carboxylic acids is 2. The average molecular weight is 363 g/mol. The summed E-state index contributed by atoms with van der Waals surface area (Å²) < 4.78 is 39.6. The third kappa shape index (κ3) is 3.84. The molecule has 0 aliphatic heterocycles. The molecule has 0 radical (unpaired) electrons. The molecule has 26 heavy (non-hydrogen) atoms. The number of hydrogen-bond acceptors (Lipinski definition) is 3. The second kappa shape index (κ2) is 7.15. The fourth-order valence-corrected chi connectivity index (χ4v) is 2.93.